The Balaban J connectivity index is 0. The average Bonchev–Trinajstić information content (AvgIpc) is 0.918. The van der Waals surface area contributed by atoms with Gasteiger partial charge in [0.05, 0.1) is 0 Å². The second kappa shape index (κ2) is 10.2. The van der Waals surface area contributed by atoms with Gasteiger partial charge in [-0.1, -0.05) is 0 Å². The molecule has 0 fully saturated rings. The molecule has 4 heteroatoms. The maximum absolute atomic E-state index is 8.11. The first-order chi connectivity index (χ1) is 1.41. The van der Waals surface area contributed by atoms with E-state index >= 15 is 0 Å². The molecule has 0 amide bonds. The summed E-state index contributed by atoms with van der Waals surface area (Å²) in [4.78, 5) is 8.11. The average molecular weight is 159 g/mol. The molecule has 3 nitrogen and oxygen atoms in total. The zero-order valence-corrected chi connectivity index (χ0v) is 6.05. The molecule has 0 aromatic heterocycles. The second-order valence-corrected chi connectivity index (χ2v) is 0.0816. The van der Waals surface area contributed by atoms with Crippen LogP contribution in [0.3, 0.4) is 0 Å². The van der Waals surface area contributed by atoms with Gasteiger partial charge in [0.1, 0.15) is 0 Å². The minimum absolute atomic E-state index is 0. The van der Waals surface area contributed by atoms with E-state index in [0.717, 1.165) is 0 Å². The van der Waals surface area contributed by atoms with E-state index in [1.165, 1.54) is 5.34 Å². The van der Waals surface area contributed by atoms with Crippen molar-refractivity contribution in [1.29, 1.82) is 0 Å². The van der Waals surface area contributed by atoms with Crippen LogP contribution in [0.25, 0.3) is 0 Å². The van der Waals surface area contributed by atoms with Gasteiger partial charge in [0.25, 0.3) is 0 Å². The van der Waals surface area contributed by atoms with Crippen molar-refractivity contribution in [2.24, 2.45) is 5.34 Å². The molecule has 0 aromatic rings. The van der Waals surface area contributed by atoms with E-state index in [2.05, 4.69) is 0 Å². The van der Waals surface area contributed by atoms with Crippen molar-refractivity contribution in [3.63, 3.8) is 0 Å². The van der Waals surface area contributed by atoms with Crippen molar-refractivity contribution in [2.45, 2.75) is 0 Å². The van der Waals surface area contributed by atoms with Crippen LogP contribution >= 0.6 is 0 Å². The minimum Gasteiger partial charge on any atom is -0.379 e. The van der Waals surface area contributed by atoms with Gasteiger partial charge in [0.15, 0.2) is 5.34 Å². The van der Waals surface area contributed by atoms with Crippen LogP contribution in [-0.4, -0.2) is 5.21 Å². The van der Waals surface area contributed by atoms with Gasteiger partial charge in [-0.05, 0) is 0 Å². The predicted octanol–water partition coefficient (Wildman–Crippen LogP) is 0.140. The van der Waals surface area contributed by atoms with E-state index in [1.807, 2.05) is 0 Å². The Morgan fingerprint density at radius 3 is 1.75 bits per heavy atom. The molecule has 0 aliphatic heterocycles. The molecule has 20 valence electrons. The Kier molecular flexibility index (Phi) is 22.7. The van der Waals surface area contributed by atoms with Gasteiger partial charge >= 0.3 is 0 Å². The van der Waals surface area contributed by atoms with E-state index in [9.17, 15) is 0 Å². The number of hydrogen-bond acceptors (Lipinski definition) is 2. The SMILES string of the molecule is O=NO.[Cd]. The zero-order chi connectivity index (χ0) is 2.71. The van der Waals surface area contributed by atoms with Crippen LogP contribution in [0.2, 0.25) is 0 Å². The Morgan fingerprint density at radius 2 is 1.75 bits per heavy atom. The van der Waals surface area contributed by atoms with Crippen LogP contribution in [0, 0.1) is 4.91 Å². The van der Waals surface area contributed by atoms with Crippen molar-refractivity contribution in [2.75, 3.05) is 0 Å². The normalized spacial score (nSPS) is 3.00. The van der Waals surface area contributed by atoms with E-state index in [4.69, 9.17) is 10.1 Å². The van der Waals surface area contributed by atoms with Gasteiger partial charge < -0.3 is 5.21 Å². The van der Waals surface area contributed by atoms with Crippen LogP contribution in [0.4, 0.5) is 0 Å². The van der Waals surface area contributed by atoms with Gasteiger partial charge in [-0.3, -0.25) is 0 Å². The van der Waals surface area contributed by atoms with Gasteiger partial charge in [-0.2, -0.15) is 0 Å². The van der Waals surface area contributed by atoms with Gasteiger partial charge in [-0.15, -0.1) is 4.91 Å². The molecule has 0 spiro atoms. The molecule has 4 heavy (non-hydrogen) atoms. The fourth-order valence-electron chi connectivity index (χ4n) is 0. The largest absolute Gasteiger partial charge is 0.379 e. The fourth-order valence-corrected chi connectivity index (χ4v) is 0. The van der Waals surface area contributed by atoms with Crippen LogP contribution in [0.1, 0.15) is 0 Å². The Morgan fingerprint density at radius 1 is 1.75 bits per heavy atom. The Bertz CT molecular complexity index is 13.5. The smallest absolute Gasteiger partial charge is 0.152 e. The zero-order valence-electron chi connectivity index (χ0n) is 2.01. The molecule has 0 atom stereocenters. The first-order valence-electron chi connectivity index (χ1n) is 0.383. The Labute approximate surface area is 43.1 Å². The van der Waals surface area contributed by atoms with E-state index in [0.29, 0.717) is 0 Å². The number of nitrogens with zero attached hydrogens (tertiary/aromatic N) is 1. The summed E-state index contributed by atoms with van der Waals surface area (Å²) in [5.74, 6) is 0. The molecular weight excluding hydrogens is 158 g/mol. The molecule has 0 unspecified atom stereocenters. The Hall–Kier alpha value is 0.322. The summed E-state index contributed by atoms with van der Waals surface area (Å²) in [6.07, 6.45) is 0. The van der Waals surface area contributed by atoms with Gasteiger partial charge in [0.2, 0.25) is 0 Å². The molecule has 0 aliphatic rings. The quantitative estimate of drug-likeness (QED) is 0.310. The number of rotatable bonds is 0. The molecule has 0 saturated heterocycles. The van der Waals surface area contributed by atoms with E-state index in [1.54, 1.807) is 0 Å². The molecule has 1 N–H and O–H groups in total. The number of hydrogen-bond donors (Lipinski definition) is 1. The third-order valence-corrected chi connectivity index (χ3v) is 0. The van der Waals surface area contributed by atoms with Gasteiger partial charge in [0, 0.05) is 27.3 Å². The van der Waals surface area contributed by atoms with Crippen LogP contribution in [0.5, 0.6) is 0 Å². The van der Waals surface area contributed by atoms with E-state index in [-0.39, 0.29) is 27.3 Å². The molecule has 0 bridgehead atoms. The van der Waals surface area contributed by atoms with Crippen molar-refractivity contribution in [3.8, 4) is 0 Å². The summed E-state index contributed by atoms with van der Waals surface area (Å²) in [6, 6.07) is 0. The molecule has 0 saturated carbocycles. The molecular formula is HCdNO2. The summed E-state index contributed by atoms with van der Waals surface area (Å²) >= 11 is 0. The first-order valence-corrected chi connectivity index (χ1v) is 0.383. The van der Waals surface area contributed by atoms with Crippen molar-refractivity contribution in [1.82, 2.24) is 0 Å². The third-order valence-electron chi connectivity index (χ3n) is 0. The molecule has 0 aliphatic carbocycles. The maximum atomic E-state index is 8.11. The predicted molar refractivity (Wildman–Crippen MR) is 7.58 cm³/mol. The van der Waals surface area contributed by atoms with E-state index < -0.39 is 0 Å². The second-order valence-electron chi connectivity index (χ2n) is 0.0816. The molecule has 0 heterocycles. The topological polar surface area (TPSA) is 49.7 Å². The van der Waals surface area contributed by atoms with Crippen molar-refractivity contribution in [3.05, 3.63) is 4.91 Å². The molecule has 0 radical (unpaired) electrons. The van der Waals surface area contributed by atoms with Crippen molar-refractivity contribution >= 4 is 0 Å². The summed E-state index contributed by atoms with van der Waals surface area (Å²) in [6.45, 7) is 0. The summed E-state index contributed by atoms with van der Waals surface area (Å²) in [5, 5.41) is 7.89. The standard InChI is InChI=1S/Cd.HNO2/c;2-1-3/h;(H,2,3). The summed E-state index contributed by atoms with van der Waals surface area (Å²) in [5.41, 5.74) is 0. The fraction of sp³-hybridized carbons (Fsp3) is 0. The first kappa shape index (κ1) is 8.85. The summed E-state index contributed by atoms with van der Waals surface area (Å²) < 4.78 is 0. The van der Waals surface area contributed by atoms with Crippen molar-refractivity contribution < 1.29 is 32.5 Å². The van der Waals surface area contributed by atoms with Crippen LogP contribution in [-0.2, 0) is 27.3 Å². The molecule has 0 rings (SSSR count). The van der Waals surface area contributed by atoms with Crippen LogP contribution < -0.4 is 0 Å². The third kappa shape index (κ3) is 39.1. The monoisotopic (exact) mass is 161 g/mol. The van der Waals surface area contributed by atoms with Crippen LogP contribution in [0.15, 0.2) is 5.34 Å². The molecule has 0 aromatic carbocycles. The van der Waals surface area contributed by atoms with Gasteiger partial charge in [-0.25, -0.2) is 0 Å². The minimum atomic E-state index is 0. The summed E-state index contributed by atoms with van der Waals surface area (Å²) in [7, 11) is 0. The maximum Gasteiger partial charge on any atom is 0.152 e.